The predicted octanol–water partition coefficient (Wildman–Crippen LogP) is 1.19. The van der Waals surface area contributed by atoms with Gasteiger partial charge in [-0.3, -0.25) is 4.79 Å². The van der Waals surface area contributed by atoms with Crippen molar-refractivity contribution in [3.8, 4) is 5.75 Å². The van der Waals surface area contributed by atoms with Gasteiger partial charge >= 0.3 is 0 Å². The first-order valence-corrected chi connectivity index (χ1v) is 5.94. The fourth-order valence-corrected chi connectivity index (χ4v) is 2.34. The van der Waals surface area contributed by atoms with Gasteiger partial charge in [0.25, 0.3) is 0 Å². The standard InChI is InChI=1S/C13H18N2O3/c1-9(16)14-6-5-13(18-2)8-15-12-4-3-10(17)7-11(12)13/h3-4,7,15,17H,5-6,8H2,1-2H3,(H,14,16). The van der Waals surface area contributed by atoms with Crippen molar-refractivity contribution >= 4 is 11.6 Å². The maximum Gasteiger partial charge on any atom is 0.216 e. The van der Waals surface area contributed by atoms with Gasteiger partial charge in [0, 0.05) is 38.4 Å². The van der Waals surface area contributed by atoms with E-state index in [-0.39, 0.29) is 11.7 Å². The van der Waals surface area contributed by atoms with Crippen molar-refractivity contribution in [3.05, 3.63) is 23.8 Å². The van der Waals surface area contributed by atoms with E-state index in [1.54, 1.807) is 19.2 Å². The first kappa shape index (κ1) is 12.7. The van der Waals surface area contributed by atoms with E-state index in [0.717, 1.165) is 11.3 Å². The molecule has 3 N–H and O–H groups in total. The molecule has 2 rings (SSSR count). The van der Waals surface area contributed by atoms with Crippen molar-refractivity contribution < 1.29 is 14.6 Å². The molecule has 0 aromatic heterocycles. The van der Waals surface area contributed by atoms with Crippen LogP contribution in [0.3, 0.4) is 0 Å². The Morgan fingerprint density at radius 3 is 3.06 bits per heavy atom. The zero-order valence-corrected chi connectivity index (χ0v) is 10.6. The molecule has 1 aromatic carbocycles. The highest BCUT2D eigenvalue weighted by Gasteiger charge is 2.38. The van der Waals surface area contributed by atoms with Gasteiger partial charge in [-0.25, -0.2) is 0 Å². The van der Waals surface area contributed by atoms with E-state index in [1.165, 1.54) is 6.92 Å². The second-order valence-electron chi connectivity index (χ2n) is 4.51. The van der Waals surface area contributed by atoms with Crippen LogP contribution >= 0.6 is 0 Å². The number of carbonyl (C=O) groups is 1. The van der Waals surface area contributed by atoms with Gasteiger partial charge in [0.15, 0.2) is 0 Å². The smallest absolute Gasteiger partial charge is 0.216 e. The summed E-state index contributed by atoms with van der Waals surface area (Å²) in [5.41, 5.74) is 1.42. The number of methoxy groups -OCH3 is 1. The lowest BCUT2D eigenvalue weighted by Gasteiger charge is -2.28. The molecule has 0 bridgehead atoms. The van der Waals surface area contributed by atoms with Gasteiger partial charge < -0.3 is 20.5 Å². The van der Waals surface area contributed by atoms with Crippen molar-refractivity contribution in [1.82, 2.24) is 5.32 Å². The minimum absolute atomic E-state index is 0.0525. The van der Waals surface area contributed by atoms with E-state index in [1.807, 2.05) is 6.07 Å². The molecule has 0 radical (unpaired) electrons. The van der Waals surface area contributed by atoms with Crippen LogP contribution < -0.4 is 10.6 Å². The summed E-state index contributed by atoms with van der Waals surface area (Å²) in [6, 6.07) is 5.20. The maximum atomic E-state index is 10.9. The molecule has 0 aliphatic carbocycles. The Morgan fingerprint density at radius 2 is 2.39 bits per heavy atom. The molecule has 1 aliphatic rings. The molecule has 1 atom stereocenters. The number of phenolic OH excluding ortho intramolecular Hbond substituents is 1. The maximum absolute atomic E-state index is 10.9. The summed E-state index contributed by atoms with van der Waals surface area (Å²) < 4.78 is 5.64. The number of hydrogen-bond acceptors (Lipinski definition) is 4. The van der Waals surface area contributed by atoms with E-state index >= 15 is 0 Å². The van der Waals surface area contributed by atoms with Gasteiger partial charge in [-0.05, 0) is 24.6 Å². The predicted molar refractivity (Wildman–Crippen MR) is 68.6 cm³/mol. The number of aromatic hydroxyl groups is 1. The van der Waals surface area contributed by atoms with Gasteiger partial charge in [-0.1, -0.05) is 0 Å². The van der Waals surface area contributed by atoms with E-state index < -0.39 is 5.60 Å². The van der Waals surface area contributed by atoms with Crippen molar-refractivity contribution in [2.45, 2.75) is 18.9 Å². The number of benzene rings is 1. The Hall–Kier alpha value is -1.75. The Balaban J connectivity index is 2.20. The molecule has 98 valence electrons. The fourth-order valence-electron chi connectivity index (χ4n) is 2.34. The van der Waals surface area contributed by atoms with Gasteiger partial charge in [-0.2, -0.15) is 0 Å². The highest BCUT2D eigenvalue weighted by molar-refractivity contribution is 5.72. The molecule has 0 spiro atoms. The average Bonchev–Trinajstić information content (AvgIpc) is 2.68. The number of nitrogens with one attached hydrogen (secondary N) is 2. The van der Waals surface area contributed by atoms with Crippen LogP contribution in [0.1, 0.15) is 18.9 Å². The minimum atomic E-state index is -0.490. The van der Waals surface area contributed by atoms with Crippen LogP contribution in [0.25, 0.3) is 0 Å². The first-order chi connectivity index (χ1) is 8.57. The third-order valence-corrected chi connectivity index (χ3v) is 3.35. The summed E-state index contributed by atoms with van der Waals surface area (Å²) in [6.07, 6.45) is 0.659. The zero-order chi connectivity index (χ0) is 13.2. The number of phenols is 1. The first-order valence-electron chi connectivity index (χ1n) is 5.94. The second kappa shape index (κ2) is 4.86. The largest absolute Gasteiger partial charge is 0.508 e. The molecule has 5 nitrogen and oxygen atoms in total. The quantitative estimate of drug-likeness (QED) is 0.702. The molecule has 1 heterocycles. The lowest BCUT2D eigenvalue weighted by atomic mass is 9.92. The molecule has 1 aromatic rings. The molecular weight excluding hydrogens is 232 g/mol. The number of hydrogen-bond donors (Lipinski definition) is 3. The molecule has 1 unspecified atom stereocenters. The SMILES string of the molecule is COC1(CCNC(C)=O)CNc2ccc(O)cc21. The molecule has 5 heteroatoms. The monoisotopic (exact) mass is 250 g/mol. The molecule has 1 amide bonds. The highest BCUT2D eigenvalue weighted by Crippen LogP contribution is 2.41. The zero-order valence-electron chi connectivity index (χ0n) is 10.6. The Bertz CT molecular complexity index is 462. The number of ether oxygens (including phenoxy) is 1. The number of anilines is 1. The van der Waals surface area contributed by atoms with Gasteiger partial charge in [0.2, 0.25) is 5.91 Å². The van der Waals surface area contributed by atoms with Crippen LogP contribution in [0.4, 0.5) is 5.69 Å². The Kier molecular flexibility index (Phi) is 3.43. The summed E-state index contributed by atoms with van der Waals surface area (Å²) in [4.78, 5) is 10.9. The lowest BCUT2D eigenvalue weighted by molar-refractivity contribution is -0.119. The van der Waals surface area contributed by atoms with Gasteiger partial charge in [0.1, 0.15) is 11.4 Å². The Labute approximate surface area is 106 Å². The van der Waals surface area contributed by atoms with Crippen LogP contribution in [0, 0.1) is 0 Å². The molecule has 0 saturated carbocycles. The summed E-state index contributed by atoms with van der Waals surface area (Å²) in [7, 11) is 1.65. The average molecular weight is 250 g/mol. The van der Waals surface area contributed by atoms with E-state index in [2.05, 4.69) is 10.6 Å². The summed E-state index contributed by atoms with van der Waals surface area (Å²) >= 11 is 0. The molecule has 18 heavy (non-hydrogen) atoms. The van der Waals surface area contributed by atoms with Crippen molar-refractivity contribution in [1.29, 1.82) is 0 Å². The van der Waals surface area contributed by atoms with Crippen LogP contribution in [0.5, 0.6) is 5.75 Å². The number of carbonyl (C=O) groups excluding carboxylic acids is 1. The van der Waals surface area contributed by atoms with Crippen LogP contribution in [0.2, 0.25) is 0 Å². The van der Waals surface area contributed by atoms with Gasteiger partial charge in [-0.15, -0.1) is 0 Å². The fraction of sp³-hybridized carbons (Fsp3) is 0.462. The minimum Gasteiger partial charge on any atom is -0.508 e. The van der Waals surface area contributed by atoms with Crippen molar-refractivity contribution in [2.75, 3.05) is 25.5 Å². The third-order valence-electron chi connectivity index (χ3n) is 3.35. The number of amides is 1. The third kappa shape index (κ3) is 2.26. The normalized spacial score (nSPS) is 21.2. The number of fused-ring (bicyclic) bond motifs is 1. The summed E-state index contributed by atoms with van der Waals surface area (Å²) in [5, 5.41) is 15.6. The van der Waals surface area contributed by atoms with E-state index in [9.17, 15) is 9.90 Å². The molecule has 0 fully saturated rings. The van der Waals surface area contributed by atoms with Crippen molar-refractivity contribution in [3.63, 3.8) is 0 Å². The van der Waals surface area contributed by atoms with Crippen LogP contribution in [-0.4, -0.2) is 31.2 Å². The van der Waals surface area contributed by atoms with Crippen molar-refractivity contribution in [2.24, 2.45) is 0 Å². The number of rotatable bonds is 4. The van der Waals surface area contributed by atoms with E-state index in [4.69, 9.17) is 4.74 Å². The van der Waals surface area contributed by atoms with Crippen LogP contribution in [0.15, 0.2) is 18.2 Å². The second-order valence-corrected chi connectivity index (χ2v) is 4.51. The Morgan fingerprint density at radius 1 is 1.61 bits per heavy atom. The summed E-state index contributed by atoms with van der Waals surface area (Å²) in [6.45, 7) is 2.67. The molecule has 0 saturated heterocycles. The summed E-state index contributed by atoms with van der Waals surface area (Å²) in [5.74, 6) is 0.168. The van der Waals surface area contributed by atoms with E-state index in [0.29, 0.717) is 19.5 Å². The molecular formula is C13H18N2O3. The molecule has 1 aliphatic heterocycles. The highest BCUT2D eigenvalue weighted by atomic mass is 16.5. The van der Waals surface area contributed by atoms with Gasteiger partial charge in [0.05, 0.1) is 0 Å². The van der Waals surface area contributed by atoms with Crippen LogP contribution in [-0.2, 0) is 15.1 Å². The topological polar surface area (TPSA) is 70.6 Å². The lowest BCUT2D eigenvalue weighted by Crippen LogP contribution is -2.35.